The fourth-order valence-corrected chi connectivity index (χ4v) is 3.98. The van der Waals surface area contributed by atoms with Gasteiger partial charge in [-0.15, -0.1) is 11.3 Å². The van der Waals surface area contributed by atoms with Gasteiger partial charge in [-0.25, -0.2) is 0 Å². The fraction of sp³-hybridized carbons (Fsp3) is 0.333. The number of ether oxygens (including phenoxy) is 1. The molecule has 100 valence electrons. The molecule has 2 unspecified atom stereocenters. The number of fused-ring (bicyclic) bond motifs is 1. The molecule has 1 aliphatic heterocycles. The van der Waals surface area contributed by atoms with E-state index < -0.39 is 6.10 Å². The molecule has 1 N–H and O–H groups in total. The van der Waals surface area contributed by atoms with E-state index in [0.29, 0.717) is 0 Å². The topological polar surface area (TPSA) is 29.5 Å². The minimum Gasteiger partial charge on any atom is -0.490 e. The molecule has 0 radical (unpaired) electrons. The summed E-state index contributed by atoms with van der Waals surface area (Å²) in [5.41, 5.74) is 3.29. The standard InChI is InChI=1S/C15H15BrO2S/c1-8-5-13(19-15(8)16)14(17)10-3-4-12-11(7-10)6-9(2)18-12/h3-5,7,9,14,17H,6H2,1-2H3. The van der Waals surface area contributed by atoms with Crippen LogP contribution < -0.4 is 4.74 Å². The molecule has 0 fully saturated rings. The third-order valence-electron chi connectivity index (χ3n) is 3.38. The van der Waals surface area contributed by atoms with E-state index in [1.807, 2.05) is 25.1 Å². The monoisotopic (exact) mass is 338 g/mol. The van der Waals surface area contributed by atoms with Crippen LogP contribution in [0.5, 0.6) is 5.75 Å². The summed E-state index contributed by atoms with van der Waals surface area (Å²) in [7, 11) is 0. The summed E-state index contributed by atoms with van der Waals surface area (Å²) in [6.45, 7) is 4.10. The van der Waals surface area contributed by atoms with E-state index in [-0.39, 0.29) is 6.10 Å². The first-order valence-corrected chi connectivity index (χ1v) is 7.89. The zero-order chi connectivity index (χ0) is 13.6. The van der Waals surface area contributed by atoms with Gasteiger partial charge >= 0.3 is 0 Å². The SMILES string of the molecule is Cc1cc(C(O)c2ccc3c(c2)CC(C)O3)sc1Br. The molecule has 3 rings (SSSR count). The van der Waals surface area contributed by atoms with E-state index in [2.05, 4.69) is 28.9 Å². The lowest BCUT2D eigenvalue weighted by Crippen LogP contribution is -2.05. The highest BCUT2D eigenvalue weighted by atomic mass is 79.9. The summed E-state index contributed by atoms with van der Waals surface area (Å²) in [4.78, 5) is 0.969. The first kappa shape index (κ1) is 13.2. The lowest BCUT2D eigenvalue weighted by Gasteiger charge is -2.10. The van der Waals surface area contributed by atoms with E-state index in [9.17, 15) is 5.11 Å². The predicted molar refractivity (Wildman–Crippen MR) is 81.1 cm³/mol. The molecule has 1 aromatic carbocycles. The number of aliphatic hydroxyl groups is 1. The number of halogens is 1. The van der Waals surface area contributed by atoms with Crippen molar-refractivity contribution in [2.24, 2.45) is 0 Å². The van der Waals surface area contributed by atoms with Crippen molar-refractivity contribution < 1.29 is 9.84 Å². The maximum atomic E-state index is 10.5. The summed E-state index contributed by atoms with van der Waals surface area (Å²) in [5.74, 6) is 0.951. The quantitative estimate of drug-likeness (QED) is 0.888. The third kappa shape index (κ3) is 2.45. The highest BCUT2D eigenvalue weighted by Crippen LogP contribution is 2.37. The highest BCUT2D eigenvalue weighted by Gasteiger charge is 2.21. The molecule has 19 heavy (non-hydrogen) atoms. The molecule has 0 saturated heterocycles. The molecule has 2 nitrogen and oxygen atoms in total. The molecule has 4 heteroatoms. The van der Waals surface area contributed by atoms with Gasteiger partial charge in [-0.1, -0.05) is 6.07 Å². The van der Waals surface area contributed by atoms with Crippen LogP contribution in [0.25, 0.3) is 0 Å². The second kappa shape index (κ2) is 4.93. The molecule has 2 atom stereocenters. The Bertz CT molecular complexity index is 601. The Labute approximate surface area is 125 Å². The molecule has 0 spiro atoms. The van der Waals surface area contributed by atoms with Crippen molar-refractivity contribution in [3.63, 3.8) is 0 Å². The van der Waals surface area contributed by atoms with Crippen molar-refractivity contribution in [3.05, 3.63) is 49.6 Å². The van der Waals surface area contributed by atoms with Gasteiger partial charge in [-0.05, 0) is 64.7 Å². The van der Waals surface area contributed by atoms with E-state index in [1.54, 1.807) is 11.3 Å². The maximum Gasteiger partial charge on any atom is 0.123 e. The van der Waals surface area contributed by atoms with Crippen LogP contribution in [0.2, 0.25) is 0 Å². The Kier molecular flexibility index (Phi) is 3.41. The Morgan fingerprint density at radius 1 is 1.42 bits per heavy atom. The average Bonchev–Trinajstić information content (AvgIpc) is 2.90. The Hall–Kier alpha value is -0.840. The van der Waals surface area contributed by atoms with Crippen molar-refractivity contribution in [2.75, 3.05) is 0 Å². The largest absolute Gasteiger partial charge is 0.490 e. The molecule has 2 aromatic rings. The van der Waals surface area contributed by atoms with Crippen molar-refractivity contribution in [2.45, 2.75) is 32.5 Å². The van der Waals surface area contributed by atoms with Crippen molar-refractivity contribution >= 4 is 27.3 Å². The van der Waals surface area contributed by atoms with Crippen LogP contribution in [0.4, 0.5) is 0 Å². The van der Waals surface area contributed by atoms with Crippen LogP contribution in [0.3, 0.4) is 0 Å². The van der Waals surface area contributed by atoms with Gasteiger partial charge in [0.15, 0.2) is 0 Å². The van der Waals surface area contributed by atoms with E-state index >= 15 is 0 Å². The van der Waals surface area contributed by atoms with Gasteiger partial charge in [-0.3, -0.25) is 0 Å². The average molecular weight is 339 g/mol. The molecule has 1 aromatic heterocycles. The first-order valence-electron chi connectivity index (χ1n) is 6.28. The van der Waals surface area contributed by atoms with Crippen LogP contribution in [0, 0.1) is 6.92 Å². The Morgan fingerprint density at radius 3 is 2.89 bits per heavy atom. The number of rotatable bonds is 2. The summed E-state index contributed by atoms with van der Waals surface area (Å²) < 4.78 is 6.77. The molecule has 0 saturated carbocycles. The van der Waals surface area contributed by atoms with Crippen LogP contribution >= 0.6 is 27.3 Å². The van der Waals surface area contributed by atoms with Gasteiger partial charge in [0.1, 0.15) is 18.0 Å². The highest BCUT2D eigenvalue weighted by molar-refractivity contribution is 9.11. The van der Waals surface area contributed by atoms with Crippen LogP contribution in [-0.2, 0) is 6.42 Å². The molecular formula is C15H15BrO2S. The number of hydrogen-bond donors (Lipinski definition) is 1. The van der Waals surface area contributed by atoms with Gasteiger partial charge in [-0.2, -0.15) is 0 Å². The van der Waals surface area contributed by atoms with Crippen molar-refractivity contribution in [1.82, 2.24) is 0 Å². The summed E-state index contributed by atoms with van der Waals surface area (Å²) >= 11 is 5.09. The molecule has 0 aliphatic carbocycles. The lowest BCUT2D eigenvalue weighted by molar-refractivity contribution is 0.224. The van der Waals surface area contributed by atoms with Gasteiger partial charge < -0.3 is 9.84 Å². The predicted octanol–water partition coefficient (Wildman–Crippen LogP) is 4.22. The fourth-order valence-electron chi connectivity index (χ4n) is 2.39. The lowest BCUT2D eigenvalue weighted by atomic mass is 10.0. The maximum absolute atomic E-state index is 10.5. The Balaban J connectivity index is 1.92. The van der Waals surface area contributed by atoms with Crippen LogP contribution in [0.15, 0.2) is 28.1 Å². The van der Waals surface area contributed by atoms with Crippen LogP contribution in [-0.4, -0.2) is 11.2 Å². The number of benzene rings is 1. The number of aliphatic hydroxyl groups excluding tert-OH is 1. The van der Waals surface area contributed by atoms with Gasteiger partial charge in [0, 0.05) is 11.3 Å². The summed E-state index contributed by atoms with van der Waals surface area (Å²) in [6, 6.07) is 8.01. The molecule has 0 amide bonds. The third-order valence-corrected chi connectivity index (χ3v) is 5.57. The van der Waals surface area contributed by atoms with Crippen molar-refractivity contribution in [3.8, 4) is 5.75 Å². The zero-order valence-corrected chi connectivity index (χ0v) is 13.2. The second-order valence-electron chi connectivity index (χ2n) is 5.01. The van der Waals surface area contributed by atoms with Gasteiger partial charge in [0.05, 0.1) is 3.79 Å². The second-order valence-corrected chi connectivity index (χ2v) is 7.41. The molecule has 2 heterocycles. The first-order chi connectivity index (χ1) is 9.04. The summed E-state index contributed by atoms with van der Waals surface area (Å²) in [5, 5.41) is 10.5. The zero-order valence-electron chi connectivity index (χ0n) is 10.8. The summed E-state index contributed by atoms with van der Waals surface area (Å²) in [6.07, 6.45) is 0.597. The minimum absolute atomic E-state index is 0.237. The van der Waals surface area contributed by atoms with Gasteiger partial charge in [0.25, 0.3) is 0 Å². The van der Waals surface area contributed by atoms with E-state index in [4.69, 9.17) is 4.74 Å². The molecular weight excluding hydrogens is 324 g/mol. The van der Waals surface area contributed by atoms with Crippen LogP contribution in [0.1, 0.15) is 34.6 Å². The number of thiophene rings is 1. The van der Waals surface area contributed by atoms with E-state index in [1.165, 1.54) is 5.56 Å². The smallest absolute Gasteiger partial charge is 0.123 e. The number of hydrogen-bond acceptors (Lipinski definition) is 3. The minimum atomic E-state index is -0.559. The van der Waals surface area contributed by atoms with E-state index in [0.717, 1.165) is 32.0 Å². The molecule has 0 bridgehead atoms. The van der Waals surface area contributed by atoms with Crippen molar-refractivity contribution in [1.29, 1.82) is 0 Å². The van der Waals surface area contributed by atoms with Gasteiger partial charge in [0.2, 0.25) is 0 Å². The number of aryl methyl sites for hydroxylation is 1. The molecule has 1 aliphatic rings. The Morgan fingerprint density at radius 2 is 2.21 bits per heavy atom. The normalized spacial score (nSPS) is 19.1.